The first-order valence-electron chi connectivity index (χ1n) is 7.60. The number of hydrogen-bond donors (Lipinski definition) is 2. The van der Waals surface area contributed by atoms with Crippen molar-refractivity contribution in [1.82, 2.24) is 14.8 Å². The Labute approximate surface area is 144 Å². The monoisotopic (exact) mass is 345 g/mol. The molecule has 0 saturated carbocycles. The van der Waals surface area contributed by atoms with Crippen molar-refractivity contribution in [3.63, 3.8) is 0 Å². The Kier molecular flexibility index (Phi) is 4.75. The van der Waals surface area contributed by atoms with Crippen LogP contribution in [0.4, 0.5) is 11.6 Å². The van der Waals surface area contributed by atoms with Crippen molar-refractivity contribution in [2.45, 2.75) is 25.5 Å². The number of carbonyl (C=O) groups is 1. The number of ether oxygens (including phenoxy) is 1. The smallest absolute Gasteiger partial charge is 0.255 e. The van der Waals surface area contributed by atoms with Gasteiger partial charge >= 0.3 is 0 Å². The van der Waals surface area contributed by atoms with Gasteiger partial charge in [-0.2, -0.15) is 4.98 Å². The number of methoxy groups -OCH3 is 1. The highest BCUT2D eigenvalue weighted by molar-refractivity contribution is 7.99. The van der Waals surface area contributed by atoms with E-state index in [1.54, 1.807) is 47.8 Å². The third-order valence-corrected chi connectivity index (χ3v) is 4.33. The molecule has 7 nitrogen and oxygen atoms in total. The molecule has 2 aromatic rings. The van der Waals surface area contributed by atoms with Crippen LogP contribution in [0.1, 0.15) is 13.8 Å². The summed E-state index contributed by atoms with van der Waals surface area (Å²) < 4.78 is 6.83. The van der Waals surface area contributed by atoms with E-state index in [9.17, 15) is 4.79 Å². The highest BCUT2D eigenvalue weighted by Crippen LogP contribution is 2.24. The molecule has 1 amide bonds. The number of aromatic nitrogens is 3. The largest absolute Gasteiger partial charge is 0.497 e. The number of rotatable bonds is 5. The van der Waals surface area contributed by atoms with Crippen LogP contribution in [0.2, 0.25) is 0 Å². The maximum absolute atomic E-state index is 12.6. The van der Waals surface area contributed by atoms with Gasteiger partial charge in [-0.15, -0.1) is 5.10 Å². The lowest BCUT2D eigenvalue weighted by Crippen LogP contribution is -2.26. The van der Waals surface area contributed by atoms with E-state index in [0.29, 0.717) is 28.9 Å². The number of benzene rings is 1. The summed E-state index contributed by atoms with van der Waals surface area (Å²) in [4.78, 5) is 17.0. The maximum atomic E-state index is 12.6. The van der Waals surface area contributed by atoms with Gasteiger partial charge in [0.15, 0.2) is 0 Å². The summed E-state index contributed by atoms with van der Waals surface area (Å²) in [6, 6.07) is 7.22. The zero-order chi connectivity index (χ0) is 17.1. The van der Waals surface area contributed by atoms with E-state index in [0.717, 1.165) is 17.2 Å². The van der Waals surface area contributed by atoms with E-state index in [-0.39, 0.29) is 5.91 Å². The van der Waals surface area contributed by atoms with E-state index in [1.165, 1.54) is 0 Å². The van der Waals surface area contributed by atoms with Crippen LogP contribution in [-0.2, 0) is 11.3 Å². The third kappa shape index (κ3) is 3.38. The van der Waals surface area contributed by atoms with Crippen LogP contribution in [0.3, 0.4) is 0 Å². The zero-order valence-electron chi connectivity index (χ0n) is 13.8. The molecule has 1 aromatic heterocycles. The molecular formula is C16H19N5O2S. The molecule has 0 saturated heterocycles. The lowest BCUT2D eigenvalue weighted by Gasteiger charge is -2.19. The number of fused-ring (bicyclic) bond motifs is 1. The molecule has 8 heteroatoms. The van der Waals surface area contributed by atoms with Crippen LogP contribution >= 0.6 is 11.8 Å². The molecule has 1 aromatic carbocycles. The van der Waals surface area contributed by atoms with Gasteiger partial charge in [0.2, 0.25) is 11.1 Å². The van der Waals surface area contributed by atoms with Crippen LogP contribution < -0.4 is 15.4 Å². The quantitative estimate of drug-likeness (QED) is 0.811. The first-order chi connectivity index (χ1) is 11.6. The molecule has 3 rings (SSSR count). The number of allylic oxidation sites excluding steroid dienone is 1. The average molecular weight is 345 g/mol. The Balaban J connectivity index is 1.73. The van der Waals surface area contributed by atoms with Crippen molar-refractivity contribution in [2.24, 2.45) is 0 Å². The van der Waals surface area contributed by atoms with E-state index in [2.05, 4.69) is 27.6 Å². The van der Waals surface area contributed by atoms with E-state index < -0.39 is 0 Å². The fourth-order valence-electron chi connectivity index (χ4n) is 2.35. The molecule has 0 unspecified atom stereocenters. The molecule has 1 aliphatic heterocycles. The van der Waals surface area contributed by atoms with Crippen LogP contribution in [0, 0.1) is 0 Å². The summed E-state index contributed by atoms with van der Waals surface area (Å²) in [6.45, 7) is 4.32. The van der Waals surface area contributed by atoms with Gasteiger partial charge in [0.1, 0.15) is 5.75 Å². The lowest BCUT2D eigenvalue weighted by molar-refractivity contribution is -0.113. The first kappa shape index (κ1) is 16.4. The van der Waals surface area contributed by atoms with Crippen molar-refractivity contribution in [1.29, 1.82) is 0 Å². The Morgan fingerprint density at radius 2 is 2.17 bits per heavy atom. The number of anilines is 2. The van der Waals surface area contributed by atoms with Crippen LogP contribution in [0.25, 0.3) is 0 Å². The number of nitrogens with zero attached hydrogens (tertiary/aromatic N) is 3. The maximum Gasteiger partial charge on any atom is 0.255 e. The molecule has 1 aliphatic rings. The second-order valence-corrected chi connectivity index (χ2v) is 6.45. The van der Waals surface area contributed by atoms with Gasteiger partial charge in [-0.1, -0.05) is 18.7 Å². The van der Waals surface area contributed by atoms with E-state index in [4.69, 9.17) is 4.74 Å². The topological polar surface area (TPSA) is 81.1 Å². The standard InChI is InChI=1S/C16H19N5O2S/c1-4-24-16-19-15-17-10(2)13(9-21(15)20-16)14(22)18-11-5-7-12(23-3)8-6-11/h5-8H,4,9H2,1-3H3,(H,18,22)(H,17,19,20). The van der Waals surface area contributed by atoms with Crippen LogP contribution in [0.15, 0.2) is 40.7 Å². The van der Waals surface area contributed by atoms with Gasteiger partial charge in [0, 0.05) is 11.4 Å². The summed E-state index contributed by atoms with van der Waals surface area (Å²) in [5, 5.41) is 11.2. The normalized spacial score (nSPS) is 13.3. The molecule has 2 N–H and O–H groups in total. The second kappa shape index (κ2) is 6.96. The summed E-state index contributed by atoms with van der Waals surface area (Å²) in [5.74, 6) is 2.16. The van der Waals surface area contributed by atoms with Crippen molar-refractivity contribution in [3.05, 3.63) is 35.5 Å². The van der Waals surface area contributed by atoms with Gasteiger partial charge in [0.25, 0.3) is 5.91 Å². The highest BCUT2D eigenvalue weighted by Gasteiger charge is 2.23. The van der Waals surface area contributed by atoms with Gasteiger partial charge in [-0.05, 0) is 36.9 Å². The van der Waals surface area contributed by atoms with Crippen molar-refractivity contribution < 1.29 is 9.53 Å². The minimum absolute atomic E-state index is 0.156. The molecule has 2 heterocycles. The molecule has 0 bridgehead atoms. The second-order valence-electron chi connectivity index (χ2n) is 5.22. The van der Waals surface area contributed by atoms with Crippen molar-refractivity contribution in [3.8, 4) is 5.75 Å². The number of nitrogens with one attached hydrogen (secondary N) is 2. The molecule has 0 radical (unpaired) electrons. The minimum atomic E-state index is -0.156. The Morgan fingerprint density at radius 1 is 1.42 bits per heavy atom. The Morgan fingerprint density at radius 3 is 2.83 bits per heavy atom. The summed E-state index contributed by atoms with van der Waals surface area (Å²) in [5.41, 5.74) is 2.14. The van der Waals surface area contributed by atoms with Crippen molar-refractivity contribution >= 4 is 29.3 Å². The SMILES string of the molecule is CCSc1nc2n(n1)CC(C(=O)Nc1ccc(OC)cc1)=C(C)N2. The molecule has 126 valence electrons. The molecule has 24 heavy (non-hydrogen) atoms. The van der Waals surface area contributed by atoms with E-state index >= 15 is 0 Å². The van der Waals surface area contributed by atoms with Crippen LogP contribution in [0.5, 0.6) is 5.75 Å². The molecular weight excluding hydrogens is 326 g/mol. The summed E-state index contributed by atoms with van der Waals surface area (Å²) >= 11 is 1.57. The fourth-order valence-corrected chi connectivity index (χ4v) is 2.91. The summed E-state index contributed by atoms with van der Waals surface area (Å²) in [7, 11) is 1.61. The third-order valence-electron chi connectivity index (χ3n) is 3.61. The summed E-state index contributed by atoms with van der Waals surface area (Å²) in [6.07, 6.45) is 0. The molecule has 0 spiro atoms. The van der Waals surface area contributed by atoms with Gasteiger partial charge in [-0.25, -0.2) is 4.68 Å². The number of hydrogen-bond acceptors (Lipinski definition) is 6. The lowest BCUT2D eigenvalue weighted by atomic mass is 10.1. The first-order valence-corrected chi connectivity index (χ1v) is 8.59. The number of carbonyl (C=O) groups excluding carboxylic acids is 1. The molecule has 0 atom stereocenters. The van der Waals surface area contributed by atoms with E-state index in [1.807, 2.05) is 6.92 Å². The molecule has 0 fully saturated rings. The number of amides is 1. The van der Waals surface area contributed by atoms with Gasteiger partial charge < -0.3 is 15.4 Å². The van der Waals surface area contributed by atoms with Gasteiger partial charge in [-0.3, -0.25) is 4.79 Å². The fraction of sp³-hybridized carbons (Fsp3) is 0.312. The Bertz CT molecular complexity index is 782. The molecule has 0 aliphatic carbocycles. The predicted molar refractivity (Wildman–Crippen MR) is 94.4 cm³/mol. The van der Waals surface area contributed by atoms with Crippen molar-refractivity contribution in [2.75, 3.05) is 23.5 Å². The average Bonchev–Trinajstić information content (AvgIpc) is 2.96. The Hall–Kier alpha value is -2.48. The van der Waals surface area contributed by atoms with Crippen LogP contribution in [-0.4, -0.2) is 33.5 Å². The predicted octanol–water partition coefficient (Wildman–Crippen LogP) is 2.74. The van der Waals surface area contributed by atoms with Gasteiger partial charge in [0.05, 0.1) is 19.2 Å². The number of thioether (sulfide) groups is 1. The minimum Gasteiger partial charge on any atom is -0.497 e. The highest BCUT2D eigenvalue weighted by atomic mass is 32.2. The zero-order valence-corrected chi connectivity index (χ0v) is 14.6.